The number of fused-ring (bicyclic) bond motifs is 7. The minimum absolute atomic E-state index is 0. The third-order valence-electron chi connectivity index (χ3n) is 15.4. The molecule has 0 aliphatic carbocycles. The van der Waals surface area contributed by atoms with Gasteiger partial charge in [0.15, 0.2) is 11.5 Å². The van der Waals surface area contributed by atoms with E-state index in [4.69, 9.17) is 14.5 Å². The van der Waals surface area contributed by atoms with Crippen molar-refractivity contribution >= 4 is 65.9 Å². The van der Waals surface area contributed by atoms with Crippen LogP contribution >= 0.6 is 0 Å². The van der Waals surface area contributed by atoms with Crippen LogP contribution < -0.4 is 4.57 Å². The Morgan fingerprint density at radius 1 is 0.644 bits per heavy atom. The molecule has 10 heteroatoms. The van der Waals surface area contributed by atoms with Crippen LogP contribution in [0.15, 0.2) is 229 Å². The minimum Gasteiger partial charge on any atom is -0.512 e. The van der Waals surface area contributed by atoms with E-state index < -0.39 is 0 Å². The topological polar surface area (TPSA) is 97.4 Å². The first-order chi connectivity index (χ1) is 42.5. The van der Waals surface area contributed by atoms with E-state index in [9.17, 15) is 4.79 Å². The van der Waals surface area contributed by atoms with E-state index in [1.165, 1.54) is 97.3 Å². The van der Waals surface area contributed by atoms with Gasteiger partial charge in [-0.25, -0.2) is 4.57 Å². The first-order valence-electron chi connectivity index (χ1n) is 29.8. The number of carbonyl (C=O) groups excluding carboxylic acids is 1. The number of aliphatic hydroxyl groups is 1. The summed E-state index contributed by atoms with van der Waals surface area (Å²) in [6.45, 7) is 21.4. The molecule has 90 heavy (non-hydrogen) atoms. The molecule has 0 saturated heterocycles. The first-order valence-corrected chi connectivity index (χ1v) is 29.8. The molecule has 454 valence electrons. The van der Waals surface area contributed by atoms with Crippen LogP contribution in [0.5, 0.6) is 0 Å². The van der Waals surface area contributed by atoms with E-state index in [2.05, 4.69) is 196 Å². The number of para-hydroxylation sites is 2. The molecule has 0 spiro atoms. The number of carbonyl (C=O) groups is 1. The van der Waals surface area contributed by atoms with E-state index in [1.54, 1.807) is 6.20 Å². The smallest absolute Gasteiger partial charge is 0.295 e. The number of benzene rings is 8. The molecule has 1 N–H and O–H groups in total. The number of ketones is 1. The third kappa shape index (κ3) is 14.8. The zero-order chi connectivity index (χ0) is 61.6. The van der Waals surface area contributed by atoms with Crippen molar-refractivity contribution in [3.63, 3.8) is 0 Å². The van der Waals surface area contributed by atoms with Crippen LogP contribution in [0, 0.1) is 58.2 Å². The molecular weight excluding hydrogens is 1460 g/mol. The molecule has 15 rings (SSSR count). The van der Waals surface area contributed by atoms with E-state index in [-0.39, 0.29) is 57.2 Å². The average molecular weight is 1530 g/mol. The number of pyridine rings is 4. The van der Waals surface area contributed by atoms with Crippen LogP contribution in [0.4, 0.5) is 0 Å². The number of nitrogens with zero attached hydrogens (tertiary/aromatic N) is 5. The number of imidazole rings is 1. The summed E-state index contributed by atoms with van der Waals surface area (Å²) in [6.07, 6.45) is 8.22. The van der Waals surface area contributed by atoms with Gasteiger partial charge in [-0.2, -0.15) is 4.40 Å². The number of hydrogen-bond acceptors (Lipinski definition) is 6. The number of aryl methyl sites for hydroxylation is 5. The van der Waals surface area contributed by atoms with E-state index >= 15 is 0 Å². The monoisotopic (exact) mass is 1540 g/mol. The van der Waals surface area contributed by atoms with Gasteiger partial charge < -0.3 is 19.5 Å². The second kappa shape index (κ2) is 28.6. The van der Waals surface area contributed by atoms with Crippen molar-refractivity contribution in [2.45, 2.75) is 82.2 Å². The number of aliphatic hydroxyl groups excluding tert-OH is 1. The molecule has 8 aromatic carbocycles. The maximum absolute atomic E-state index is 10.0. The van der Waals surface area contributed by atoms with Crippen molar-refractivity contribution in [1.82, 2.24) is 19.4 Å². The van der Waals surface area contributed by atoms with Gasteiger partial charge in [0, 0.05) is 86.0 Å². The van der Waals surface area contributed by atoms with Gasteiger partial charge in [-0.15, -0.1) is 89.0 Å². The molecule has 8 nitrogen and oxygen atoms in total. The summed E-state index contributed by atoms with van der Waals surface area (Å²) < 4.78 is 11.0. The molecule has 0 fully saturated rings. The Labute approximate surface area is 554 Å². The second-order valence-corrected chi connectivity index (χ2v) is 23.9. The van der Waals surface area contributed by atoms with Crippen LogP contribution in [0.25, 0.3) is 105 Å². The second-order valence-electron chi connectivity index (χ2n) is 23.9. The van der Waals surface area contributed by atoms with Crippen molar-refractivity contribution in [3.05, 3.63) is 282 Å². The maximum Gasteiger partial charge on any atom is 0.295 e. The Kier molecular flexibility index (Phi) is 20.8. The quantitative estimate of drug-likeness (QED) is 0.0586. The first kappa shape index (κ1) is 65.4. The van der Waals surface area contributed by atoms with Gasteiger partial charge in [0.05, 0.1) is 22.2 Å². The zero-order valence-electron chi connectivity index (χ0n) is 52.4. The fourth-order valence-electron chi connectivity index (χ4n) is 11.8. The van der Waals surface area contributed by atoms with Gasteiger partial charge in [-0.05, 0) is 122 Å². The van der Waals surface area contributed by atoms with Gasteiger partial charge in [0.25, 0.3) is 5.65 Å². The van der Waals surface area contributed by atoms with Crippen LogP contribution in [0.2, 0.25) is 0 Å². The molecule has 0 saturated carbocycles. The fraction of sp³-hybridized carbons (Fsp3) is 0.163. The van der Waals surface area contributed by atoms with Crippen molar-refractivity contribution in [2.24, 2.45) is 5.41 Å². The SMILES string of the molecule is CC(=O)C=C(C)O.Cc1[c-]c(-c2ccc3ccccc3n2)cc(C)c1.Cc1cccc(C)c1-c1c[n+]2c3c4c(cccc4c4cc(CC(C)(C)C)ccc4n13)C2.Cc1ccnc(-c2[c-]ccc3c2oc2ccccc23)c1.[Ir].[Ir].[c-]1ccccc1-c1ccccn1. The summed E-state index contributed by atoms with van der Waals surface area (Å²) >= 11 is 0. The fourth-order valence-corrected chi connectivity index (χ4v) is 11.8. The number of allylic oxidation sites excluding steroid dienone is 2. The van der Waals surface area contributed by atoms with Crippen molar-refractivity contribution in [3.8, 4) is 45.0 Å². The summed E-state index contributed by atoms with van der Waals surface area (Å²) in [5.41, 5.74) is 23.3. The zero-order valence-corrected chi connectivity index (χ0v) is 57.2. The molecule has 0 bridgehead atoms. The molecule has 6 aromatic heterocycles. The average Bonchev–Trinajstić information content (AvgIpc) is 1.52. The van der Waals surface area contributed by atoms with E-state index in [1.807, 2.05) is 103 Å². The minimum atomic E-state index is -0.125. The Hall–Kier alpha value is -9.01. The predicted molar refractivity (Wildman–Crippen MR) is 361 cm³/mol. The number of furan rings is 1. The largest absolute Gasteiger partial charge is 0.512 e. The Morgan fingerprint density at radius 2 is 1.38 bits per heavy atom. The van der Waals surface area contributed by atoms with Gasteiger partial charge in [-0.1, -0.05) is 160 Å². The number of rotatable bonds is 6. The third-order valence-corrected chi connectivity index (χ3v) is 15.4. The van der Waals surface area contributed by atoms with Crippen LogP contribution in [0.3, 0.4) is 0 Å². The molecule has 0 atom stereocenters. The molecule has 1 aliphatic rings. The van der Waals surface area contributed by atoms with Gasteiger partial charge in [-0.3, -0.25) is 9.78 Å². The van der Waals surface area contributed by atoms with Gasteiger partial charge >= 0.3 is 0 Å². The van der Waals surface area contributed by atoms with Crippen LogP contribution in [-0.4, -0.2) is 30.2 Å². The maximum atomic E-state index is 10.0. The van der Waals surface area contributed by atoms with Crippen molar-refractivity contribution in [1.29, 1.82) is 0 Å². The molecular formula is C80H71Ir2N5O3-2. The number of aromatic nitrogens is 5. The molecule has 1 aliphatic heterocycles. The normalized spacial score (nSPS) is 11.4. The molecule has 7 heterocycles. The Balaban J connectivity index is 0.000000143. The Bertz CT molecular complexity index is 4830. The summed E-state index contributed by atoms with van der Waals surface area (Å²) in [4.78, 5) is 23.4. The molecule has 14 aromatic rings. The summed E-state index contributed by atoms with van der Waals surface area (Å²) in [6, 6.07) is 76.7. The van der Waals surface area contributed by atoms with Crippen molar-refractivity contribution in [2.75, 3.05) is 0 Å². The van der Waals surface area contributed by atoms with Crippen LogP contribution in [-0.2, 0) is 58.0 Å². The van der Waals surface area contributed by atoms with Crippen LogP contribution in [0.1, 0.15) is 73.6 Å². The van der Waals surface area contributed by atoms with Gasteiger partial charge in [0.2, 0.25) is 0 Å². The molecule has 0 amide bonds. The molecule has 0 unspecified atom stereocenters. The standard InChI is InChI=1S/C29H29N2.C18H12NO.C17H14N.C11H8N.C5H8O2.2Ir/c1-18-8-6-9-19(2)26(18)25-17-30-16-21-10-7-11-22-23-14-20(15-29(3,4)5)12-13-24(23)31(25)28(30)27(21)22;1-12-9-10-19-16(11-12)15-7-4-6-14-13-5-2-3-8-17(13)20-18(14)15;1-12-9-13(2)11-15(10-12)17-8-7-14-5-3-4-6-16(14)18-17;1-2-6-10(7-3-1)11-8-4-5-9-12-11;1-4(6)3-5(2)7;;/h6-14,17H,15-16H2,1-5H3;2-6,8-11H,1H3;3-10H,1-2H3;1-6,8-9H;3,6H,1-2H3;;/q+1;3*-1;;;. The van der Waals surface area contributed by atoms with Crippen molar-refractivity contribution < 1.29 is 59.1 Å². The summed E-state index contributed by atoms with van der Waals surface area (Å²) in [5.74, 6) is -0.0625. The molecule has 2 radical (unpaired) electrons. The van der Waals surface area contributed by atoms with E-state index in [0.717, 1.165) is 79.8 Å². The predicted octanol–water partition coefficient (Wildman–Crippen LogP) is 19.4. The Morgan fingerprint density at radius 3 is 2.09 bits per heavy atom. The number of hydrogen-bond donors (Lipinski definition) is 1. The van der Waals surface area contributed by atoms with E-state index in [0.29, 0.717) is 0 Å². The summed E-state index contributed by atoms with van der Waals surface area (Å²) in [7, 11) is 0. The van der Waals surface area contributed by atoms with Gasteiger partial charge in [0.1, 0.15) is 23.8 Å². The summed E-state index contributed by atoms with van der Waals surface area (Å²) in [5, 5.41) is 15.9.